The maximum Gasteiger partial charge on any atom is 0.267 e. The number of amides is 1. The molecule has 0 saturated heterocycles. The number of hydrogen-bond acceptors (Lipinski definition) is 5. The van der Waals surface area contributed by atoms with Crippen molar-refractivity contribution in [3.05, 3.63) is 59.8 Å². The number of nitrogens with zero attached hydrogens (tertiary/aromatic N) is 1. The van der Waals surface area contributed by atoms with Gasteiger partial charge in [0, 0.05) is 23.6 Å². The molecule has 1 aliphatic rings. The van der Waals surface area contributed by atoms with Gasteiger partial charge in [-0.25, -0.2) is 0 Å². The summed E-state index contributed by atoms with van der Waals surface area (Å²) in [6, 6.07) is 14.8. The van der Waals surface area contributed by atoms with Crippen molar-refractivity contribution in [1.82, 2.24) is 0 Å². The highest BCUT2D eigenvalue weighted by atomic mass is 16.7. The Morgan fingerprint density at radius 3 is 2.50 bits per heavy atom. The SMILES string of the molecule is CC(C)c1ccc(NC(=O)/C(C#N)=C\Nc2ccc3c(c2)OCO3)cc1. The van der Waals surface area contributed by atoms with Crippen molar-refractivity contribution in [2.75, 3.05) is 17.4 Å². The molecule has 0 spiro atoms. The molecule has 2 aromatic rings. The minimum absolute atomic E-state index is 0.0318. The number of nitriles is 1. The third-order valence-corrected chi connectivity index (χ3v) is 3.96. The second-order valence-corrected chi connectivity index (χ2v) is 6.11. The fraction of sp³-hybridized carbons (Fsp3) is 0.200. The van der Waals surface area contributed by atoms with Gasteiger partial charge in [-0.05, 0) is 35.7 Å². The molecule has 132 valence electrons. The second kappa shape index (κ2) is 7.62. The number of hydrogen-bond donors (Lipinski definition) is 2. The molecule has 0 aliphatic carbocycles. The summed E-state index contributed by atoms with van der Waals surface area (Å²) in [7, 11) is 0. The van der Waals surface area contributed by atoms with E-state index in [4.69, 9.17) is 9.47 Å². The topological polar surface area (TPSA) is 83.4 Å². The summed E-state index contributed by atoms with van der Waals surface area (Å²) in [5.74, 6) is 1.23. The summed E-state index contributed by atoms with van der Waals surface area (Å²) in [5.41, 5.74) is 2.49. The third-order valence-electron chi connectivity index (χ3n) is 3.96. The van der Waals surface area contributed by atoms with Gasteiger partial charge in [-0.2, -0.15) is 5.26 Å². The normalized spacial score (nSPS) is 12.6. The van der Waals surface area contributed by atoms with E-state index in [0.29, 0.717) is 28.8 Å². The van der Waals surface area contributed by atoms with E-state index in [0.717, 1.165) is 0 Å². The summed E-state index contributed by atoms with van der Waals surface area (Å²) in [6.45, 7) is 4.40. The smallest absolute Gasteiger partial charge is 0.267 e. The third kappa shape index (κ3) is 3.95. The minimum atomic E-state index is -0.474. The van der Waals surface area contributed by atoms with Crippen LogP contribution >= 0.6 is 0 Å². The molecule has 1 aliphatic heterocycles. The molecule has 0 fully saturated rings. The molecule has 0 unspecified atom stereocenters. The van der Waals surface area contributed by atoms with Crippen molar-refractivity contribution in [2.24, 2.45) is 0 Å². The summed E-state index contributed by atoms with van der Waals surface area (Å²) in [5, 5.41) is 14.9. The van der Waals surface area contributed by atoms with Crippen molar-refractivity contribution < 1.29 is 14.3 Å². The summed E-state index contributed by atoms with van der Waals surface area (Å²) in [4.78, 5) is 12.3. The zero-order chi connectivity index (χ0) is 18.5. The van der Waals surface area contributed by atoms with Gasteiger partial charge in [0.2, 0.25) is 6.79 Å². The molecule has 0 radical (unpaired) electrons. The van der Waals surface area contributed by atoms with Gasteiger partial charge in [0.25, 0.3) is 5.91 Å². The van der Waals surface area contributed by atoms with Crippen LogP contribution in [0.15, 0.2) is 54.2 Å². The maximum absolute atomic E-state index is 12.3. The van der Waals surface area contributed by atoms with Gasteiger partial charge >= 0.3 is 0 Å². The van der Waals surface area contributed by atoms with Gasteiger partial charge in [-0.15, -0.1) is 0 Å². The average molecular weight is 349 g/mol. The number of carbonyl (C=O) groups is 1. The molecule has 2 N–H and O–H groups in total. The van der Waals surface area contributed by atoms with Crippen LogP contribution in [-0.2, 0) is 4.79 Å². The molecular weight excluding hydrogens is 330 g/mol. The van der Waals surface area contributed by atoms with E-state index in [9.17, 15) is 10.1 Å². The van der Waals surface area contributed by atoms with E-state index in [1.54, 1.807) is 18.2 Å². The Hall–Kier alpha value is -3.46. The molecule has 3 rings (SSSR count). The lowest BCUT2D eigenvalue weighted by molar-refractivity contribution is -0.112. The average Bonchev–Trinajstić information content (AvgIpc) is 3.10. The van der Waals surface area contributed by atoms with Crippen molar-refractivity contribution >= 4 is 17.3 Å². The highest BCUT2D eigenvalue weighted by Gasteiger charge is 2.14. The van der Waals surface area contributed by atoms with Crippen LogP contribution in [0.2, 0.25) is 0 Å². The first-order chi connectivity index (χ1) is 12.6. The largest absolute Gasteiger partial charge is 0.454 e. The Labute approximate surface area is 152 Å². The monoisotopic (exact) mass is 349 g/mol. The van der Waals surface area contributed by atoms with Gasteiger partial charge in [0.05, 0.1) is 0 Å². The van der Waals surface area contributed by atoms with Crippen molar-refractivity contribution in [1.29, 1.82) is 5.26 Å². The van der Waals surface area contributed by atoms with E-state index in [2.05, 4.69) is 24.5 Å². The quantitative estimate of drug-likeness (QED) is 0.630. The standard InChI is InChI=1S/C20H19N3O3/c1-13(2)14-3-5-16(6-4-14)23-20(24)15(10-21)11-22-17-7-8-18-19(9-17)26-12-25-18/h3-9,11,13,22H,12H2,1-2H3,(H,23,24)/b15-11-. The number of anilines is 2. The van der Waals surface area contributed by atoms with Gasteiger partial charge in [-0.3, -0.25) is 4.79 Å². The van der Waals surface area contributed by atoms with Crippen molar-refractivity contribution in [3.8, 4) is 17.6 Å². The number of rotatable bonds is 5. The minimum Gasteiger partial charge on any atom is -0.454 e. The number of ether oxygens (including phenoxy) is 2. The van der Waals surface area contributed by atoms with Crippen LogP contribution in [0.25, 0.3) is 0 Å². The summed E-state index contributed by atoms with van der Waals surface area (Å²) in [6.07, 6.45) is 1.37. The van der Waals surface area contributed by atoms with Crippen LogP contribution < -0.4 is 20.1 Å². The fourth-order valence-electron chi connectivity index (χ4n) is 2.44. The van der Waals surface area contributed by atoms with E-state index in [-0.39, 0.29) is 12.4 Å². The van der Waals surface area contributed by atoms with Crippen molar-refractivity contribution in [2.45, 2.75) is 19.8 Å². The Kier molecular flexibility index (Phi) is 5.09. The van der Waals surface area contributed by atoms with Gasteiger partial charge < -0.3 is 20.1 Å². The van der Waals surface area contributed by atoms with E-state index < -0.39 is 5.91 Å². The Morgan fingerprint density at radius 1 is 1.12 bits per heavy atom. The van der Waals surface area contributed by atoms with Gasteiger partial charge in [0.15, 0.2) is 11.5 Å². The molecule has 6 nitrogen and oxygen atoms in total. The predicted molar refractivity (Wildman–Crippen MR) is 99.0 cm³/mol. The molecule has 6 heteroatoms. The first-order valence-corrected chi connectivity index (χ1v) is 8.24. The van der Waals surface area contributed by atoms with Crippen LogP contribution in [0, 0.1) is 11.3 Å². The lowest BCUT2D eigenvalue weighted by Gasteiger charge is -2.08. The highest BCUT2D eigenvalue weighted by Crippen LogP contribution is 2.34. The first-order valence-electron chi connectivity index (χ1n) is 8.24. The molecule has 0 atom stereocenters. The van der Waals surface area contributed by atoms with Gasteiger partial charge in [-0.1, -0.05) is 26.0 Å². The maximum atomic E-state index is 12.3. The van der Waals surface area contributed by atoms with E-state index >= 15 is 0 Å². The Balaban J connectivity index is 1.66. The van der Waals surface area contributed by atoms with E-state index in [1.807, 2.05) is 30.3 Å². The van der Waals surface area contributed by atoms with Gasteiger partial charge in [0.1, 0.15) is 11.6 Å². The fourth-order valence-corrected chi connectivity index (χ4v) is 2.44. The van der Waals surface area contributed by atoms with Crippen LogP contribution in [0.4, 0.5) is 11.4 Å². The number of nitrogens with one attached hydrogen (secondary N) is 2. The molecule has 0 aromatic heterocycles. The molecule has 1 heterocycles. The lowest BCUT2D eigenvalue weighted by atomic mass is 10.0. The Morgan fingerprint density at radius 2 is 1.81 bits per heavy atom. The van der Waals surface area contributed by atoms with Crippen LogP contribution in [0.5, 0.6) is 11.5 Å². The Bertz CT molecular complexity index is 880. The molecule has 1 amide bonds. The van der Waals surface area contributed by atoms with E-state index in [1.165, 1.54) is 11.8 Å². The van der Waals surface area contributed by atoms with Crippen LogP contribution in [0.1, 0.15) is 25.3 Å². The van der Waals surface area contributed by atoms with Crippen LogP contribution in [0.3, 0.4) is 0 Å². The second-order valence-electron chi connectivity index (χ2n) is 6.11. The zero-order valence-electron chi connectivity index (χ0n) is 14.6. The molecule has 26 heavy (non-hydrogen) atoms. The first kappa shape index (κ1) is 17.4. The highest BCUT2D eigenvalue weighted by molar-refractivity contribution is 6.06. The molecule has 0 saturated carbocycles. The number of benzene rings is 2. The van der Waals surface area contributed by atoms with Crippen molar-refractivity contribution in [3.63, 3.8) is 0 Å². The molecule has 0 bridgehead atoms. The zero-order valence-corrected chi connectivity index (χ0v) is 14.6. The predicted octanol–water partition coefficient (Wildman–Crippen LogP) is 4.00. The number of carbonyl (C=O) groups excluding carboxylic acids is 1. The summed E-state index contributed by atoms with van der Waals surface area (Å²) >= 11 is 0. The lowest BCUT2D eigenvalue weighted by Crippen LogP contribution is -2.14. The summed E-state index contributed by atoms with van der Waals surface area (Å²) < 4.78 is 10.5. The van der Waals surface area contributed by atoms with Crippen LogP contribution in [-0.4, -0.2) is 12.7 Å². The molecular formula is C20H19N3O3. The molecule has 2 aromatic carbocycles. The number of fused-ring (bicyclic) bond motifs is 1.